The quantitative estimate of drug-likeness (QED) is 0.161. The van der Waals surface area contributed by atoms with Crippen molar-refractivity contribution < 1.29 is 39.8 Å². The fraction of sp³-hybridized carbons (Fsp3) is 0.0968. The van der Waals surface area contributed by atoms with E-state index in [4.69, 9.17) is 27.4 Å². The van der Waals surface area contributed by atoms with Gasteiger partial charge in [0.05, 0.1) is 23.3 Å². The molecular weight excluding hydrogens is 759 g/mol. The van der Waals surface area contributed by atoms with E-state index in [1.807, 2.05) is 78.9 Å². The van der Waals surface area contributed by atoms with Gasteiger partial charge < -0.3 is 4.90 Å². The zero-order valence-electron chi connectivity index (χ0n) is 61.8. The summed E-state index contributed by atoms with van der Waals surface area (Å²) in [6, 6.07) is 13.7. The third-order valence-corrected chi connectivity index (χ3v) is 11.8. The van der Waals surface area contributed by atoms with E-state index < -0.39 is 208 Å². The van der Waals surface area contributed by atoms with Gasteiger partial charge in [0.2, 0.25) is 0 Å². The zero-order valence-corrected chi connectivity index (χ0v) is 32.8. The smallest absolute Gasteiger partial charge is 0.0651 e. The molecule has 0 N–H and O–H groups in total. The monoisotopic (exact) mass is 835 g/mol. The second-order valence-corrected chi connectivity index (χ2v) is 15.4. The molecule has 63 heavy (non-hydrogen) atoms. The summed E-state index contributed by atoms with van der Waals surface area (Å²) >= 11 is 0. The Hall–Kier alpha value is -7.48. The van der Waals surface area contributed by atoms with Crippen molar-refractivity contribution >= 4 is 38.6 Å². The molecule has 1 heteroatoms. The predicted octanol–water partition coefficient (Wildman–Crippen LogP) is 17.1. The summed E-state index contributed by atoms with van der Waals surface area (Å²) in [5.74, 6) is 0. The third-order valence-electron chi connectivity index (χ3n) is 11.8. The summed E-state index contributed by atoms with van der Waals surface area (Å²) in [5, 5.41) is 3.60. The molecule has 10 aromatic rings. The van der Waals surface area contributed by atoms with Gasteiger partial charge in [-0.2, -0.15) is 0 Å². The fourth-order valence-corrected chi connectivity index (χ4v) is 8.75. The lowest BCUT2D eigenvalue weighted by Crippen LogP contribution is -2.16. The number of rotatable bonds is 6. The Kier molecular flexibility index (Phi) is 4.03. The van der Waals surface area contributed by atoms with Crippen LogP contribution in [0.2, 0.25) is 0 Å². The first kappa shape index (κ1) is 18.1. The van der Waals surface area contributed by atoms with E-state index in [2.05, 4.69) is 0 Å². The molecule has 0 aliphatic heterocycles. The summed E-state index contributed by atoms with van der Waals surface area (Å²) in [5.41, 5.74) is -15.7. The average Bonchev–Trinajstić information content (AvgIpc) is 1.49. The maximum Gasteiger partial charge on any atom is 0.0651 e. The second kappa shape index (κ2) is 14.0. The summed E-state index contributed by atoms with van der Waals surface area (Å²) in [6.45, 7) is -15.5. The highest BCUT2D eigenvalue weighted by Crippen LogP contribution is 2.52. The van der Waals surface area contributed by atoms with Gasteiger partial charge in [0.25, 0.3) is 0 Å². The first-order valence-electron chi connectivity index (χ1n) is 34.4. The minimum atomic E-state index is -3.88. The van der Waals surface area contributed by atoms with Crippen LogP contribution in [0.4, 0.5) is 17.1 Å². The van der Waals surface area contributed by atoms with Crippen LogP contribution in [0, 0.1) is 0 Å². The van der Waals surface area contributed by atoms with Gasteiger partial charge in [-0.3, -0.25) is 0 Å². The van der Waals surface area contributed by atoms with Gasteiger partial charge in [0, 0.05) is 44.3 Å². The van der Waals surface area contributed by atoms with E-state index in [1.165, 1.54) is 12.1 Å². The lowest BCUT2D eigenvalue weighted by atomic mass is 9.81. The van der Waals surface area contributed by atoms with Gasteiger partial charge >= 0.3 is 0 Å². The Balaban J connectivity index is 1.20. The molecule has 0 bridgehead atoms. The van der Waals surface area contributed by atoms with E-state index in [0.29, 0.717) is 11.1 Å². The van der Waals surface area contributed by atoms with Crippen molar-refractivity contribution in [3.63, 3.8) is 0 Å². The van der Waals surface area contributed by atoms with Gasteiger partial charge in [0.1, 0.15) is 0 Å². The van der Waals surface area contributed by atoms with Crippen molar-refractivity contribution in [1.82, 2.24) is 0 Å². The van der Waals surface area contributed by atoms with Crippen LogP contribution < -0.4 is 4.90 Å². The molecule has 0 atom stereocenters. The Morgan fingerprint density at radius 2 is 0.984 bits per heavy atom. The van der Waals surface area contributed by atoms with Crippen molar-refractivity contribution in [2.75, 3.05) is 4.90 Å². The van der Waals surface area contributed by atoms with Gasteiger partial charge in [-0.15, -0.1) is 0 Å². The van der Waals surface area contributed by atoms with Gasteiger partial charge in [-0.25, -0.2) is 0 Å². The number of fused-ring (bicyclic) bond motifs is 8. The summed E-state index contributed by atoms with van der Waals surface area (Å²) in [7, 11) is 0. The number of anilines is 3. The van der Waals surface area contributed by atoms with Gasteiger partial charge in [-0.05, 0) is 148 Å². The molecule has 0 saturated carbocycles. The predicted molar refractivity (Wildman–Crippen MR) is 268 cm³/mol. The highest BCUT2D eigenvalue weighted by molar-refractivity contribution is 6.06. The maximum absolute atomic E-state index is 10.3. The summed E-state index contributed by atoms with van der Waals surface area (Å²) < 4.78 is 267. The SMILES string of the molecule is [2H]c1cc(-c2c([2H])c([2H])c3c(c2[2H])C(C([2H])([2H])[2H])(C([2H])([2H])[2H])c2c([2H])c([2H])c([2H])c([2H])c2-3)c([2H])c(N(c2ccc(-c3ccc4ccccc4c3-c3ccc4ccccc4c3)cc2)c2c([2H])c([2H])c3c(c2[2H])C(C([2H])([2H])[2H])(C([2H])([2H])[2H])c2c([2H])c([2H])c([2H])c([2H])c2-3)c1[2H]. The molecule has 12 rings (SSSR count). The summed E-state index contributed by atoms with van der Waals surface area (Å²) in [4.78, 5) is 0.795. The van der Waals surface area contributed by atoms with Crippen molar-refractivity contribution in [3.8, 4) is 55.6 Å². The molecule has 300 valence electrons. The molecule has 2 aliphatic carbocycles. The van der Waals surface area contributed by atoms with Crippen LogP contribution in [0.5, 0.6) is 0 Å². The number of nitrogens with zero attached hydrogens (tertiary/aromatic N) is 1. The molecule has 10 aromatic carbocycles. The van der Waals surface area contributed by atoms with Crippen LogP contribution in [0.25, 0.3) is 77.2 Å². The minimum Gasteiger partial charge on any atom is -0.310 e. The molecule has 0 radical (unpaired) electrons. The van der Waals surface area contributed by atoms with Crippen LogP contribution in [-0.4, -0.2) is 0 Å². The molecular formula is C62H47N. The molecule has 0 heterocycles. The number of hydrogen-bond donors (Lipinski definition) is 0. The van der Waals surface area contributed by atoms with Crippen molar-refractivity contribution in [2.24, 2.45) is 0 Å². The first-order chi connectivity index (χ1) is 42.8. The largest absolute Gasteiger partial charge is 0.310 e. The molecule has 0 unspecified atom stereocenters. The van der Waals surface area contributed by atoms with Crippen molar-refractivity contribution in [2.45, 2.75) is 38.2 Å². The Labute approximate surface area is 411 Å². The number of benzene rings is 10. The van der Waals surface area contributed by atoms with Crippen LogP contribution in [0.1, 0.15) is 89.4 Å². The van der Waals surface area contributed by atoms with E-state index in [9.17, 15) is 12.3 Å². The molecule has 0 aromatic heterocycles. The van der Waals surface area contributed by atoms with Crippen LogP contribution in [0.3, 0.4) is 0 Å². The highest BCUT2D eigenvalue weighted by Gasteiger charge is 2.37. The topological polar surface area (TPSA) is 3.24 Å². The third kappa shape index (κ3) is 5.84. The van der Waals surface area contributed by atoms with Crippen LogP contribution in [0.15, 0.2) is 212 Å². The first-order valence-corrected chi connectivity index (χ1v) is 19.9. The lowest BCUT2D eigenvalue weighted by Gasteiger charge is -2.29. The fourth-order valence-electron chi connectivity index (χ4n) is 8.75. The minimum absolute atomic E-state index is 0.259. The Bertz CT molecular complexity index is 4870. The number of hydrogen-bond acceptors (Lipinski definition) is 1. The second-order valence-electron chi connectivity index (χ2n) is 15.4. The molecule has 0 spiro atoms. The normalized spacial score (nSPS) is 21.4. The summed E-state index contributed by atoms with van der Waals surface area (Å²) in [6.07, 6.45) is 0. The molecule has 0 saturated heterocycles. The molecule has 0 amide bonds. The average molecular weight is 835 g/mol. The van der Waals surface area contributed by atoms with Crippen molar-refractivity contribution in [3.05, 3.63) is 234 Å². The Morgan fingerprint density at radius 3 is 1.73 bits per heavy atom. The van der Waals surface area contributed by atoms with Crippen LogP contribution in [-0.2, 0) is 10.8 Å². The van der Waals surface area contributed by atoms with E-state index in [0.717, 1.165) is 43.6 Å². The standard InChI is InChI=1S/C62H47N/c1-61(2)56-22-11-9-20-52(56)54-34-29-45(38-58(54)61)44-17-13-18-48(37-44)63(49-32-35-55-53-21-10-12-23-57(53)62(3,4)59(55)39-49)47-30-26-42(27-31-47)51-33-28-41-15-7-8-19-50(41)60(51)46-25-24-40-14-5-6-16-43(40)36-46/h5-39H,1-4H3/i1D3,2D3,3D3,4D3,9D,10D,11D,12D,13D,18D,20D,21D,22D,23D,29D,32D,34D,35D,37D,38D,39D. The molecule has 1 nitrogen and oxygen atoms in total. The van der Waals surface area contributed by atoms with Crippen LogP contribution >= 0.6 is 0 Å². The highest BCUT2D eigenvalue weighted by atomic mass is 15.1. The molecule has 0 fully saturated rings. The van der Waals surface area contributed by atoms with E-state index >= 15 is 0 Å². The van der Waals surface area contributed by atoms with Gasteiger partial charge in [0.15, 0.2) is 0 Å². The van der Waals surface area contributed by atoms with Gasteiger partial charge in [-0.1, -0.05) is 191 Å². The van der Waals surface area contributed by atoms with E-state index in [-0.39, 0.29) is 5.69 Å². The molecule has 2 aliphatic rings. The Morgan fingerprint density at radius 1 is 0.381 bits per heavy atom. The van der Waals surface area contributed by atoms with E-state index in [1.54, 1.807) is 12.1 Å². The maximum atomic E-state index is 10.3. The zero-order chi connectivity index (χ0) is 67.2. The lowest BCUT2D eigenvalue weighted by molar-refractivity contribution is 0.660. The van der Waals surface area contributed by atoms with Crippen molar-refractivity contribution in [1.29, 1.82) is 0 Å².